The third kappa shape index (κ3) is 4.77. The Kier molecular flexibility index (Phi) is 7.63. The number of nitrogens with one attached hydrogen (secondary N) is 1. The van der Waals surface area contributed by atoms with Crippen molar-refractivity contribution < 1.29 is 28.8 Å². The number of ether oxygens (including phenoxy) is 4. The molecule has 216 valence electrons. The summed E-state index contributed by atoms with van der Waals surface area (Å²) in [7, 11) is 4.67. The number of rotatable bonds is 8. The van der Waals surface area contributed by atoms with Gasteiger partial charge in [0.05, 0.1) is 39.1 Å². The first-order chi connectivity index (χ1) is 20.6. The smallest absolute Gasteiger partial charge is 0.274 e. The van der Waals surface area contributed by atoms with E-state index in [2.05, 4.69) is 4.98 Å². The molecule has 0 saturated heterocycles. The van der Waals surface area contributed by atoms with Gasteiger partial charge in [-0.05, 0) is 41.5 Å². The molecule has 5 aromatic rings. The Labute approximate surface area is 244 Å². The standard InChI is InChI=1S/C34H34N2O6/c1-39-29-17-23-16-26(35-31(23)33(41-3)32(29)40-2)34(38)36-15-9-12-22(19-37)30-25-14-8-7-13-24(25)28(18-27(30)36)42-20-21-10-5-4-6-11-21/h4-8,10-11,13-14,16-18,22,35,37H,9,12,15,19-20H2,1-3H3/t22-/m1/s1. The summed E-state index contributed by atoms with van der Waals surface area (Å²) < 4.78 is 23.1. The molecule has 8 heteroatoms. The van der Waals surface area contributed by atoms with Crippen LogP contribution in [0.5, 0.6) is 23.0 Å². The Balaban J connectivity index is 1.48. The topological polar surface area (TPSA) is 93.2 Å². The van der Waals surface area contributed by atoms with Gasteiger partial charge >= 0.3 is 0 Å². The lowest BCUT2D eigenvalue weighted by Crippen LogP contribution is -2.32. The van der Waals surface area contributed by atoms with Crippen molar-refractivity contribution in [2.24, 2.45) is 0 Å². The van der Waals surface area contributed by atoms with Crippen LogP contribution in [-0.2, 0) is 6.61 Å². The van der Waals surface area contributed by atoms with E-state index >= 15 is 0 Å². The molecule has 1 aliphatic rings. The molecule has 0 radical (unpaired) electrons. The Morgan fingerprint density at radius 2 is 1.64 bits per heavy atom. The predicted molar refractivity (Wildman–Crippen MR) is 163 cm³/mol. The van der Waals surface area contributed by atoms with Crippen LogP contribution < -0.4 is 23.8 Å². The zero-order valence-corrected chi connectivity index (χ0v) is 24.0. The normalized spacial score (nSPS) is 14.9. The first-order valence-electron chi connectivity index (χ1n) is 14.0. The second-order valence-corrected chi connectivity index (χ2v) is 10.4. The van der Waals surface area contributed by atoms with Gasteiger partial charge < -0.3 is 33.9 Å². The van der Waals surface area contributed by atoms with Gasteiger partial charge in [0.25, 0.3) is 5.91 Å². The van der Waals surface area contributed by atoms with Crippen molar-refractivity contribution in [2.45, 2.75) is 25.4 Å². The first-order valence-corrected chi connectivity index (χ1v) is 14.0. The summed E-state index contributed by atoms with van der Waals surface area (Å²) in [5, 5.41) is 13.2. The second-order valence-electron chi connectivity index (χ2n) is 10.4. The molecule has 2 heterocycles. The van der Waals surface area contributed by atoms with Crippen LogP contribution in [0, 0.1) is 0 Å². The fourth-order valence-electron chi connectivity index (χ4n) is 6.02. The Morgan fingerprint density at radius 1 is 0.905 bits per heavy atom. The fraction of sp³-hybridized carbons (Fsp3) is 0.265. The van der Waals surface area contributed by atoms with Gasteiger partial charge in [-0.1, -0.05) is 54.6 Å². The third-order valence-corrected chi connectivity index (χ3v) is 8.01. The lowest BCUT2D eigenvalue weighted by molar-refractivity contribution is 0.0983. The van der Waals surface area contributed by atoms with Crippen LogP contribution in [0.25, 0.3) is 21.7 Å². The van der Waals surface area contributed by atoms with E-state index in [9.17, 15) is 9.90 Å². The van der Waals surface area contributed by atoms with Crippen molar-refractivity contribution in [3.8, 4) is 23.0 Å². The Morgan fingerprint density at radius 3 is 2.36 bits per heavy atom. The number of fused-ring (bicyclic) bond motifs is 4. The predicted octanol–water partition coefficient (Wildman–Crippen LogP) is 6.44. The number of H-pyrrole nitrogens is 1. The van der Waals surface area contributed by atoms with Crippen LogP contribution in [0.2, 0.25) is 0 Å². The van der Waals surface area contributed by atoms with Crippen LogP contribution in [0.3, 0.4) is 0 Å². The van der Waals surface area contributed by atoms with E-state index in [1.54, 1.807) is 26.2 Å². The lowest BCUT2D eigenvalue weighted by atomic mass is 9.89. The summed E-state index contributed by atoms with van der Waals surface area (Å²) >= 11 is 0. The number of aliphatic hydroxyl groups is 1. The lowest BCUT2D eigenvalue weighted by Gasteiger charge is -2.26. The molecule has 1 aromatic heterocycles. The highest BCUT2D eigenvalue weighted by Gasteiger charge is 2.31. The van der Waals surface area contributed by atoms with Crippen LogP contribution >= 0.6 is 0 Å². The number of aliphatic hydroxyl groups excluding tert-OH is 1. The maximum Gasteiger partial charge on any atom is 0.274 e. The van der Waals surface area contributed by atoms with Gasteiger partial charge in [0.1, 0.15) is 18.1 Å². The SMILES string of the molecule is COc1cc2cc(C(=O)N3CCC[C@H](CO)c4c3cc(OCc3ccccc3)c3ccccc43)[nH]c2c(OC)c1OC. The quantitative estimate of drug-likeness (QED) is 0.225. The molecule has 0 fully saturated rings. The number of carbonyl (C=O) groups is 1. The maximum absolute atomic E-state index is 14.3. The van der Waals surface area contributed by atoms with E-state index in [-0.39, 0.29) is 18.4 Å². The van der Waals surface area contributed by atoms with Gasteiger partial charge in [-0.15, -0.1) is 0 Å². The minimum Gasteiger partial charge on any atom is -0.493 e. The number of nitrogens with zero attached hydrogens (tertiary/aromatic N) is 1. The zero-order valence-electron chi connectivity index (χ0n) is 24.0. The minimum absolute atomic E-state index is 0.00752. The van der Waals surface area contributed by atoms with E-state index in [4.69, 9.17) is 18.9 Å². The van der Waals surface area contributed by atoms with Gasteiger partial charge in [-0.2, -0.15) is 0 Å². The number of aromatic nitrogens is 1. The van der Waals surface area contributed by atoms with Gasteiger partial charge in [0.15, 0.2) is 11.5 Å². The molecule has 0 spiro atoms. The van der Waals surface area contributed by atoms with E-state index in [1.165, 1.54) is 0 Å². The number of amides is 1. The summed E-state index contributed by atoms with van der Waals surface area (Å²) in [5.41, 5.74) is 3.82. The summed E-state index contributed by atoms with van der Waals surface area (Å²) in [6.45, 7) is 0.886. The maximum atomic E-state index is 14.3. The van der Waals surface area contributed by atoms with Crippen molar-refractivity contribution in [3.63, 3.8) is 0 Å². The number of hydrogen-bond donors (Lipinski definition) is 2. The molecule has 1 amide bonds. The van der Waals surface area contributed by atoms with Crippen molar-refractivity contribution in [3.05, 3.63) is 89.6 Å². The summed E-state index contributed by atoms with van der Waals surface area (Å²) in [6.07, 6.45) is 1.50. The first kappa shape index (κ1) is 27.5. The van der Waals surface area contributed by atoms with E-state index in [0.717, 1.165) is 45.8 Å². The molecule has 42 heavy (non-hydrogen) atoms. The molecule has 0 saturated carbocycles. The molecule has 2 N–H and O–H groups in total. The van der Waals surface area contributed by atoms with Crippen LogP contribution in [0.4, 0.5) is 5.69 Å². The molecule has 1 aliphatic heterocycles. The highest BCUT2D eigenvalue weighted by Crippen LogP contribution is 2.46. The number of anilines is 1. The molecule has 1 atom stereocenters. The van der Waals surface area contributed by atoms with E-state index in [1.807, 2.05) is 72.8 Å². The van der Waals surface area contributed by atoms with Crippen molar-refractivity contribution in [2.75, 3.05) is 39.4 Å². The third-order valence-electron chi connectivity index (χ3n) is 8.01. The largest absolute Gasteiger partial charge is 0.493 e. The van der Waals surface area contributed by atoms with E-state index in [0.29, 0.717) is 47.4 Å². The van der Waals surface area contributed by atoms with Crippen LogP contribution in [0.1, 0.15) is 40.4 Å². The number of methoxy groups -OCH3 is 3. The number of aromatic amines is 1. The Hall–Kier alpha value is -4.69. The molecule has 4 aromatic carbocycles. The van der Waals surface area contributed by atoms with Crippen molar-refractivity contribution in [1.82, 2.24) is 4.98 Å². The van der Waals surface area contributed by atoms with Gasteiger partial charge in [0.2, 0.25) is 5.75 Å². The zero-order chi connectivity index (χ0) is 29.2. The monoisotopic (exact) mass is 566 g/mol. The number of hydrogen-bond acceptors (Lipinski definition) is 6. The summed E-state index contributed by atoms with van der Waals surface area (Å²) in [5.74, 6) is 1.82. The molecule has 0 bridgehead atoms. The fourth-order valence-corrected chi connectivity index (χ4v) is 6.02. The van der Waals surface area contributed by atoms with Crippen LogP contribution in [0.15, 0.2) is 72.8 Å². The van der Waals surface area contributed by atoms with Crippen LogP contribution in [-0.4, -0.2) is 50.5 Å². The highest BCUT2D eigenvalue weighted by molar-refractivity contribution is 6.10. The Bertz CT molecular complexity index is 1750. The molecule has 0 unspecified atom stereocenters. The molecular weight excluding hydrogens is 532 g/mol. The molecule has 0 aliphatic carbocycles. The van der Waals surface area contributed by atoms with E-state index < -0.39 is 0 Å². The minimum atomic E-state index is -0.185. The highest BCUT2D eigenvalue weighted by atomic mass is 16.5. The summed E-state index contributed by atoms with van der Waals surface area (Å²) in [4.78, 5) is 19.4. The average Bonchev–Trinajstić information content (AvgIpc) is 3.37. The number of carbonyl (C=O) groups excluding carboxylic acids is 1. The van der Waals surface area contributed by atoms with Gasteiger partial charge in [-0.25, -0.2) is 0 Å². The molecule has 6 rings (SSSR count). The van der Waals surface area contributed by atoms with Gasteiger partial charge in [-0.3, -0.25) is 4.79 Å². The molecular formula is C34H34N2O6. The number of benzene rings is 4. The second kappa shape index (κ2) is 11.7. The molecule has 8 nitrogen and oxygen atoms in total. The average molecular weight is 567 g/mol. The van der Waals surface area contributed by atoms with Crippen molar-refractivity contribution >= 4 is 33.3 Å². The summed E-state index contributed by atoms with van der Waals surface area (Å²) in [6, 6.07) is 23.6. The van der Waals surface area contributed by atoms with Gasteiger partial charge in [0, 0.05) is 29.3 Å². The van der Waals surface area contributed by atoms with Crippen molar-refractivity contribution in [1.29, 1.82) is 0 Å².